The molecular formula is C11H16N2O. The Labute approximate surface area is 84.3 Å². The van der Waals surface area contributed by atoms with Gasteiger partial charge in [0.2, 0.25) is 0 Å². The van der Waals surface area contributed by atoms with Crippen molar-refractivity contribution in [3.63, 3.8) is 0 Å². The molecule has 1 aliphatic heterocycles. The number of fused-ring (bicyclic) bond motifs is 1. The van der Waals surface area contributed by atoms with Crippen LogP contribution in [-0.2, 0) is 0 Å². The maximum absolute atomic E-state index is 5.88. The third kappa shape index (κ3) is 1.44. The number of anilines is 1. The monoisotopic (exact) mass is 192 g/mol. The van der Waals surface area contributed by atoms with E-state index in [4.69, 9.17) is 10.5 Å². The summed E-state index contributed by atoms with van der Waals surface area (Å²) < 4.78 is 5.88. The van der Waals surface area contributed by atoms with E-state index in [0.29, 0.717) is 6.54 Å². The van der Waals surface area contributed by atoms with Crippen molar-refractivity contribution < 1.29 is 4.74 Å². The van der Waals surface area contributed by atoms with E-state index in [0.717, 1.165) is 11.4 Å². The fraction of sp³-hybridized carbons (Fsp3) is 0.455. The number of nitrogens with one attached hydrogen (secondary N) is 1. The molecule has 0 fully saturated rings. The zero-order chi connectivity index (χ0) is 10.2. The Bertz CT molecular complexity index is 336. The van der Waals surface area contributed by atoms with Gasteiger partial charge in [0.15, 0.2) is 0 Å². The number of para-hydroxylation sites is 2. The molecule has 0 saturated heterocycles. The molecular weight excluding hydrogens is 176 g/mol. The lowest BCUT2D eigenvalue weighted by atomic mass is 9.96. The van der Waals surface area contributed by atoms with Crippen molar-refractivity contribution in [3.8, 4) is 5.75 Å². The number of ether oxygens (including phenoxy) is 1. The Kier molecular flexibility index (Phi) is 2.11. The van der Waals surface area contributed by atoms with E-state index in [1.807, 2.05) is 38.1 Å². The molecule has 0 saturated carbocycles. The topological polar surface area (TPSA) is 47.3 Å². The molecule has 14 heavy (non-hydrogen) atoms. The third-order valence-electron chi connectivity index (χ3n) is 2.66. The van der Waals surface area contributed by atoms with Crippen molar-refractivity contribution in [1.29, 1.82) is 0 Å². The van der Waals surface area contributed by atoms with Gasteiger partial charge < -0.3 is 15.8 Å². The summed E-state index contributed by atoms with van der Waals surface area (Å²) in [7, 11) is 0. The summed E-state index contributed by atoms with van der Waals surface area (Å²) in [6, 6.07) is 8.10. The van der Waals surface area contributed by atoms with Crippen molar-refractivity contribution in [2.45, 2.75) is 25.5 Å². The summed E-state index contributed by atoms with van der Waals surface area (Å²) in [6.45, 7) is 4.67. The van der Waals surface area contributed by atoms with Crippen LogP contribution in [0.25, 0.3) is 0 Å². The Morgan fingerprint density at radius 3 is 2.86 bits per heavy atom. The zero-order valence-corrected chi connectivity index (χ0v) is 8.58. The first-order valence-electron chi connectivity index (χ1n) is 4.88. The van der Waals surface area contributed by atoms with Gasteiger partial charge in [-0.2, -0.15) is 0 Å². The highest BCUT2D eigenvalue weighted by Gasteiger charge is 2.35. The van der Waals surface area contributed by atoms with Crippen LogP contribution in [0.5, 0.6) is 5.75 Å². The third-order valence-corrected chi connectivity index (χ3v) is 2.66. The van der Waals surface area contributed by atoms with E-state index in [1.165, 1.54) is 0 Å². The highest BCUT2D eigenvalue weighted by Crippen LogP contribution is 2.34. The van der Waals surface area contributed by atoms with Gasteiger partial charge in [-0.15, -0.1) is 0 Å². The minimum Gasteiger partial charge on any atom is -0.484 e. The van der Waals surface area contributed by atoms with E-state index in [2.05, 4.69) is 5.32 Å². The van der Waals surface area contributed by atoms with Crippen LogP contribution in [0.3, 0.4) is 0 Å². The summed E-state index contributed by atoms with van der Waals surface area (Å²) in [5.74, 6) is 0.905. The zero-order valence-electron chi connectivity index (χ0n) is 8.58. The molecule has 1 atom stereocenters. The second kappa shape index (κ2) is 3.17. The number of benzene rings is 1. The van der Waals surface area contributed by atoms with Crippen LogP contribution < -0.4 is 15.8 Å². The lowest BCUT2D eigenvalue weighted by molar-refractivity contribution is 0.0810. The van der Waals surface area contributed by atoms with Crippen molar-refractivity contribution in [2.75, 3.05) is 11.9 Å². The van der Waals surface area contributed by atoms with Gasteiger partial charge in [-0.3, -0.25) is 0 Å². The Morgan fingerprint density at radius 1 is 1.43 bits per heavy atom. The fourth-order valence-electron chi connectivity index (χ4n) is 1.73. The highest BCUT2D eigenvalue weighted by atomic mass is 16.5. The molecule has 1 unspecified atom stereocenters. The van der Waals surface area contributed by atoms with Gasteiger partial charge in [-0.1, -0.05) is 12.1 Å². The molecule has 3 N–H and O–H groups in total. The quantitative estimate of drug-likeness (QED) is 0.710. The smallest absolute Gasteiger partial charge is 0.143 e. The number of nitrogens with two attached hydrogens (primary N) is 1. The van der Waals surface area contributed by atoms with Crippen LogP contribution >= 0.6 is 0 Å². The van der Waals surface area contributed by atoms with Crippen LogP contribution in [0.1, 0.15) is 13.8 Å². The SMILES string of the molecule is CC1(C)Oc2ccccc2NC1CN. The van der Waals surface area contributed by atoms with Crippen molar-refractivity contribution in [1.82, 2.24) is 0 Å². The first-order chi connectivity index (χ1) is 6.63. The molecule has 1 aromatic carbocycles. The summed E-state index contributed by atoms with van der Waals surface area (Å²) in [4.78, 5) is 0. The number of rotatable bonds is 1. The van der Waals surface area contributed by atoms with Crippen molar-refractivity contribution in [3.05, 3.63) is 24.3 Å². The van der Waals surface area contributed by atoms with Gasteiger partial charge in [0.1, 0.15) is 11.4 Å². The molecule has 0 bridgehead atoms. The van der Waals surface area contributed by atoms with E-state index >= 15 is 0 Å². The molecule has 3 nitrogen and oxygen atoms in total. The van der Waals surface area contributed by atoms with E-state index < -0.39 is 0 Å². The van der Waals surface area contributed by atoms with Gasteiger partial charge in [0.25, 0.3) is 0 Å². The first-order valence-corrected chi connectivity index (χ1v) is 4.88. The normalized spacial score (nSPS) is 23.2. The Hall–Kier alpha value is -1.22. The average molecular weight is 192 g/mol. The summed E-state index contributed by atoms with van der Waals surface area (Å²) in [6.07, 6.45) is 0. The summed E-state index contributed by atoms with van der Waals surface area (Å²) in [5, 5.41) is 3.39. The second-order valence-corrected chi connectivity index (χ2v) is 4.13. The maximum atomic E-state index is 5.88. The Balaban J connectivity index is 2.35. The van der Waals surface area contributed by atoms with Crippen LogP contribution in [0.15, 0.2) is 24.3 Å². The fourth-order valence-corrected chi connectivity index (χ4v) is 1.73. The van der Waals surface area contributed by atoms with Gasteiger partial charge in [0.05, 0.1) is 11.7 Å². The van der Waals surface area contributed by atoms with Gasteiger partial charge >= 0.3 is 0 Å². The minimum absolute atomic E-state index is 0.164. The first kappa shape index (κ1) is 9.34. The molecule has 0 aromatic heterocycles. The van der Waals surface area contributed by atoms with E-state index in [1.54, 1.807) is 0 Å². The highest BCUT2D eigenvalue weighted by molar-refractivity contribution is 5.59. The summed E-state index contributed by atoms with van der Waals surface area (Å²) >= 11 is 0. The molecule has 1 aliphatic rings. The predicted molar refractivity (Wildman–Crippen MR) is 57.6 cm³/mol. The Morgan fingerprint density at radius 2 is 2.14 bits per heavy atom. The molecule has 1 aromatic rings. The summed E-state index contributed by atoms with van der Waals surface area (Å²) in [5.41, 5.74) is 6.48. The van der Waals surface area contributed by atoms with Gasteiger partial charge in [0, 0.05) is 6.54 Å². The van der Waals surface area contributed by atoms with Gasteiger partial charge in [-0.25, -0.2) is 0 Å². The minimum atomic E-state index is -0.247. The molecule has 2 rings (SSSR count). The molecule has 76 valence electrons. The maximum Gasteiger partial charge on any atom is 0.143 e. The molecule has 0 spiro atoms. The standard InChI is InChI=1S/C11H16N2O/c1-11(2)10(7-12)13-8-5-3-4-6-9(8)14-11/h3-6,10,13H,7,12H2,1-2H3. The molecule has 0 amide bonds. The largest absolute Gasteiger partial charge is 0.484 e. The van der Waals surface area contributed by atoms with Gasteiger partial charge in [-0.05, 0) is 26.0 Å². The molecule has 0 aliphatic carbocycles. The lowest BCUT2D eigenvalue weighted by Gasteiger charge is -2.40. The van der Waals surface area contributed by atoms with E-state index in [-0.39, 0.29) is 11.6 Å². The predicted octanol–water partition coefficient (Wildman–Crippen LogP) is 1.60. The van der Waals surface area contributed by atoms with Crippen molar-refractivity contribution >= 4 is 5.69 Å². The molecule has 0 radical (unpaired) electrons. The van der Waals surface area contributed by atoms with Crippen LogP contribution in [0, 0.1) is 0 Å². The van der Waals surface area contributed by atoms with E-state index in [9.17, 15) is 0 Å². The van der Waals surface area contributed by atoms with Crippen LogP contribution in [-0.4, -0.2) is 18.2 Å². The number of hydrogen-bond donors (Lipinski definition) is 2. The molecule has 1 heterocycles. The van der Waals surface area contributed by atoms with Crippen LogP contribution in [0.4, 0.5) is 5.69 Å². The molecule has 3 heteroatoms. The second-order valence-electron chi connectivity index (χ2n) is 4.13. The van der Waals surface area contributed by atoms with Crippen LogP contribution in [0.2, 0.25) is 0 Å². The number of hydrogen-bond acceptors (Lipinski definition) is 3. The lowest BCUT2D eigenvalue weighted by Crippen LogP contribution is -2.53. The van der Waals surface area contributed by atoms with Crippen molar-refractivity contribution in [2.24, 2.45) is 5.73 Å². The average Bonchev–Trinajstić information content (AvgIpc) is 2.15.